The number of nitrogens with two attached hydrogens (primary N) is 1. The highest BCUT2D eigenvalue weighted by Crippen LogP contribution is 2.39. The third-order valence-electron chi connectivity index (χ3n) is 4.96. The van der Waals surface area contributed by atoms with Crippen molar-refractivity contribution in [2.24, 2.45) is 5.90 Å². The van der Waals surface area contributed by atoms with Gasteiger partial charge in [0.2, 0.25) is 0 Å². The Labute approximate surface area is 212 Å². The van der Waals surface area contributed by atoms with E-state index < -0.39 is 17.2 Å². The molecule has 0 amide bonds. The van der Waals surface area contributed by atoms with Gasteiger partial charge in [-0.25, -0.2) is 9.07 Å². The predicted octanol–water partition coefficient (Wildman–Crippen LogP) is 5.72. The van der Waals surface area contributed by atoms with Crippen molar-refractivity contribution in [3.8, 4) is 5.69 Å². The van der Waals surface area contributed by atoms with Crippen molar-refractivity contribution >= 4 is 49.6 Å². The number of likely N-dealkylation sites (N-methyl/N-ethyl adjacent to an activating group) is 1. The fraction of sp³-hybridized carbons (Fsp3) is 0.182. The highest BCUT2D eigenvalue weighted by molar-refractivity contribution is 7.80. The minimum Gasteiger partial charge on any atom is -0.415 e. The van der Waals surface area contributed by atoms with Crippen molar-refractivity contribution in [3.05, 3.63) is 92.7 Å². The lowest BCUT2D eigenvalue weighted by atomic mass is 10.00. The van der Waals surface area contributed by atoms with Crippen LogP contribution in [0.25, 0.3) is 5.69 Å². The average molecular weight is 547 g/mol. The first-order valence-corrected chi connectivity index (χ1v) is 11.5. The zero-order chi connectivity index (χ0) is 25.0. The fourth-order valence-corrected chi connectivity index (χ4v) is 4.31. The first-order valence-electron chi connectivity index (χ1n) is 9.80. The molecule has 3 rings (SSSR count). The van der Waals surface area contributed by atoms with E-state index in [1.807, 2.05) is 0 Å². The molecule has 12 heteroatoms. The molecule has 0 saturated heterocycles. The number of rotatable bonds is 8. The van der Waals surface area contributed by atoms with Crippen molar-refractivity contribution in [1.29, 1.82) is 0 Å². The van der Waals surface area contributed by atoms with E-state index in [1.54, 1.807) is 25.2 Å². The van der Waals surface area contributed by atoms with Crippen LogP contribution < -0.4 is 11.2 Å². The Morgan fingerprint density at radius 2 is 1.94 bits per heavy atom. The van der Waals surface area contributed by atoms with E-state index in [0.717, 1.165) is 4.68 Å². The lowest BCUT2D eigenvalue weighted by Crippen LogP contribution is -2.24. The predicted molar refractivity (Wildman–Crippen MR) is 135 cm³/mol. The zero-order valence-electron chi connectivity index (χ0n) is 17.8. The van der Waals surface area contributed by atoms with Gasteiger partial charge in [-0.1, -0.05) is 56.8 Å². The third kappa shape index (κ3) is 5.90. The Morgan fingerprint density at radius 1 is 1.24 bits per heavy atom. The van der Waals surface area contributed by atoms with E-state index in [0.29, 0.717) is 16.3 Å². The molecular weight excluding hydrogens is 527 g/mol. The van der Waals surface area contributed by atoms with Crippen LogP contribution in [0.15, 0.2) is 60.0 Å². The Morgan fingerprint density at radius 3 is 2.53 bits per heavy atom. The van der Waals surface area contributed by atoms with E-state index >= 15 is 0 Å². The van der Waals surface area contributed by atoms with Crippen LogP contribution in [0.2, 0.25) is 10.0 Å². The smallest absolute Gasteiger partial charge is 0.300 e. The number of benzene rings is 2. The average Bonchev–Trinajstić information content (AvgIpc) is 3.21. The van der Waals surface area contributed by atoms with Gasteiger partial charge in [0.15, 0.2) is 0 Å². The maximum Gasteiger partial charge on any atom is 0.300 e. The molecule has 5 nitrogen and oxygen atoms in total. The van der Waals surface area contributed by atoms with Gasteiger partial charge in [-0.05, 0) is 30.3 Å². The van der Waals surface area contributed by atoms with E-state index in [2.05, 4.69) is 10.4 Å². The van der Waals surface area contributed by atoms with Crippen LogP contribution >= 0.6 is 44.7 Å². The quantitative estimate of drug-likeness (QED) is 0.124. The van der Waals surface area contributed by atoms with E-state index in [4.69, 9.17) is 46.2 Å². The summed E-state index contributed by atoms with van der Waals surface area (Å²) in [7, 11) is 3.07. The highest BCUT2D eigenvalue weighted by atomic mass is 35.5. The normalized spacial score (nSPS) is 12.4. The molecule has 0 bridgehead atoms. The molecule has 34 heavy (non-hydrogen) atoms. The number of thiocarbonyl (C=S) groups is 1. The second-order valence-electron chi connectivity index (χ2n) is 7.19. The van der Waals surface area contributed by atoms with Crippen molar-refractivity contribution in [2.45, 2.75) is 18.5 Å². The number of allylic oxidation sites excluding steroid dienone is 1. The topological polar surface area (TPSA) is 65.1 Å². The van der Waals surface area contributed by atoms with E-state index in [9.17, 15) is 13.2 Å². The molecule has 0 spiro atoms. The number of aromatic nitrogens is 2. The van der Waals surface area contributed by atoms with Crippen LogP contribution in [0.4, 0.5) is 13.2 Å². The van der Waals surface area contributed by atoms with Gasteiger partial charge < -0.3 is 10.2 Å². The van der Waals surface area contributed by atoms with Crippen molar-refractivity contribution in [2.75, 3.05) is 7.05 Å². The summed E-state index contributed by atoms with van der Waals surface area (Å²) >= 11 is 17.6. The van der Waals surface area contributed by atoms with Crippen molar-refractivity contribution in [1.82, 2.24) is 15.1 Å². The van der Waals surface area contributed by atoms with E-state index in [1.165, 1.54) is 39.7 Å². The van der Waals surface area contributed by atoms with Crippen LogP contribution in [0, 0.1) is 5.82 Å². The molecular formula is C22H20Cl2F3N4OPS. The van der Waals surface area contributed by atoms with Gasteiger partial charge in [-0.15, -0.1) is 0 Å². The summed E-state index contributed by atoms with van der Waals surface area (Å²) in [6.45, 7) is 0. The minimum atomic E-state index is -3.35. The second kappa shape index (κ2) is 11.1. The summed E-state index contributed by atoms with van der Waals surface area (Å²) in [6, 6.07) is 10.6. The van der Waals surface area contributed by atoms with Crippen LogP contribution in [0.1, 0.15) is 16.8 Å². The largest absolute Gasteiger partial charge is 0.415 e. The molecule has 1 heterocycles. The van der Waals surface area contributed by atoms with Crippen LogP contribution in [0.5, 0.6) is 0 Å². The van der Waals surface area contributed by atoms with Crippen LogP contribution in [-0.2, 0) is 23.3 Å². The Kier molecular flexibility index (Phi) is 8.60. The standard InChI is InChI=1S/C22H20Cl2F3N4OPS/c1-29-21(34)16(10-15-17(24)6-3-7-18(15)25)19(32-28)8-12-11-30-31(20(12)22(26,27)33)14-5-2-4-13(23)9-14/h2-7,9,11H,8,10,28,33H2,1H3,(H,29,34)/b19-16+. The lowest BCUT2D eigenvalue weighted by Gasteiger charge is -2.18. The molecule has 3 N–H and O–H groups in total. The molecule has 0 radical (unpaired) electrons. The van der Waals surface area contributed by atoms with Gasteiger partial charge in [0.25, 0.3) is 0 Å². The fourth-order valence-electron chi connectivity index (χ4n) is 3.40. The summed E-state index contributed by atoms with van der Waals surface area (Å²) < 4.78 is 44.9. The molecule has 2 aromatic carbocycles. The molecule has 3 aromatic rings. The summed E-state index contributed by atoms with van der Waals surface area (Å²) in [5.41, 5.74) is -2.84. The third-order valence-corrected chi connectivity index (χ3v) is 6.27. The molecule has 0 aliphatic heterocycles. The zero-order valence-corrected chi connectivity index (χ0v) is 21.3. The SMILES string of the molecule is CNC(=S)/C(Cc1c(F)cccc1Cl)=C(\Cc1cnn(-c2cccc(Cl)c2)c1C(F)(F)P)ON. The molecule has 1 aromatic heterocycles. The molecule has 1 unspecified atom stereocenters. The number of halogens is 5. The maximum absolute atomic E-state index is 14.7. The monoisotopic (exact) mass is 546 g/mol. The molecule has 0 aliphatic carbocycles. The van der Waals surface area contributed by atoms with Gasteiger partial charge in [0.05, 0.1) is 11.9 Å². The van der Waals surface area contributed by atoms with Crippen molar-refractivity contribution in [3.63, 3.8) is 0 Å². The van der Waals surface area contributed by atoms with Gasteiger partial charge in [-0.3, -0.25) is 0 Å². The number of hydrogen-bond donors (Lipinski definition) is 2. The Hall–Kier alpha value is -2.16. The number of nitrogens with zero attached hydrogens (tertiary/aromatic N) is 2. The van der Waals surface area contributed by atoms with Gasteiger partial charge in [0.1, 0.15) is 22.3 Å². The highest BCUT2D eigenvalue weighted by Gasteiger charge is 2.34. The summed E-state index contributed by atoms with van der Waals surface area (Å²) in [5.74, 6) is 5.04. The molecule has 0 aliphatic rings. The number of alkyl halides is 2. The van der Waals surface area contributed by atoms with Crippen LogP contribution in [-0.4, -0.2) is 21.8 Å². The summed E-state index contributed by atoms with van der Waals surface area (Å²) in [4.78, 5) is 5.27. The van der Waals surface area contributed by atoms with Crippen molar-refractivity contribution < 1.29 is 18.0 Å². The number of hydrogen-bond acceptors (Lipinski definition) is 4. The Balaban J connectivity index is 2.12. The molecule has 180 valence electrons. The van der Waals surface area contributed by atoms with Gasteiger partial charge >= 0.3 is 5.66 Å². The maximum atomic E-state index is 14.7. The van der Waals surface area contributed by atoms with E-state index in [-0.39, 0.29) is 39.7 Å². The lowest BCUT2D eigenvalue weighted by molar-refractivity contribution is 0.0943. The summed E-state index contributed by atoms with van der Waals surface area (Å²) in [5, 5.41) is 7.47. The minimum absolute atomic E-state index is 0.0554. The molecule has 1 atom stereocenters. The first kappa shape index (κ1) is 26.4. The Bertz CT molecular complexity index is 1230. The molecule has 0 fully saturated rings. The number of nitrogens with one attached hydrogen (secondary N) is 1. The van der Waals surface area contributed by atoms with Crippen LogP contribution in [0.3, 0.4) is 0 Å². The molecule has 0 saturated carbocycles. The summed E-state index contributed by atoms with van der Waals surface area (Å²) in [6.07, 6.45) is 1.01. The van der Waals surface area contributed by atoms with Gasteiger partial charge in [-0.2, -0.15) is 19.8 Å². The first-order chi connectivity index (χ1) is 16.1. The van der Waals surface area contributed by atoms with Gasteiger partial charge in [0, 0.05) is 46.6 Å². The second-order valence-corrected chi connectivity index (χ2v) is 9.16.